The zero-order valence-corrected chi connectivity index (χ0v) is 15.4. The van der Waals surface area contributed by atoms with Crippen LogP contribution < -0.4 is 10.1 Å². The van der Waals surface area contributed by atoms with Crippen molar-refractivity contribution in [1.82, 2.24) is 10.2 Å². The fourth-order valence-electron chi connectivity index (χ4n) is 3.71. The third kappa shape index (κ3) is 4.02. The number of fused-ring (bicyclic) bond motifs is 1. The molecular formula is C21H23ClN2O2. The number of benzene rings is 2. The number of piperidine rings is 1. The van der Waals surface area contributed by atoms with Crippen LogP contribution in [0.15, 0.2) is 48.5 Å². The molecule has 2 heterocycles. The highest BCUT2D eigenvalue weighted by Gasteiger charge is 2.30. The van der Waals surface area contributed by atoms with Gasteiger partial charge >= 0.3 is 0 Å². The Balaban J connectivity index is 1.24. The number of hydrogen-bond acceptors (Lipinski definition) is 3. The second-order valence-corrected chi connectivity index (χ2v) is 7.54. The van der Waals surface area contributed by atoms with Crippen molar-refractivity contribution in [3.8, 4) is 5.75 Å². The third-order valence-electron chi connectivity index (χ3n) is 5.19. The third-order valence-corrected chi connectivity index (χ3v) is 5.44. The van der Waals surface area contributed by atoms with Crippen molar-refractivity contribution in [3.63, 3.8) is 0 Å². The number of amides is 1. The van der Waals surface area contributed by atoms with E-state index in [1.54, 1.807) is 0 Å². The van der Waals surface area contributed by atoms with Crippen LogP contribution in [0.4, 0.5) is 0 Å². The van der Waals surface area contributed by atoms with Gasteiger partial charge in [0.2, 0.25) is 0 Å². The maximum absolute atomic E-state index is 12.5. The predicted octanol–water partition coefficient (Wildman–Crippen LogP) is 3.42. The van der Waals surface area contributed by atoms with E-state index in [0.29, 0.717) is 6.42 Å². The van der Waals surface area contributed by atoms with Crippen molar-refractivity contribution in [2.75, 3.05) is 13.1 Å². The summed E-state index contributed by atoms with van der Waals surface area (Å²) >= 11 is 5.94. The van der Waals surface area contributed by atoms with E-state index in [1.807, 2.05) is 36.4 Å². The summed E-state index contributed by atoms with van der Waals surface area (Å²) in [6.07, 6.45) is 2.22. The molecule has 1 saturated heterocycles. The molecule has 1 amide bonds. The predicted molar refractivity (Wildman–Crippen MR) is 102 cm³/mol. The molecule has 26 heavy (non-hydrogen) atoms. The van der Waals surface area contributed by atoms with E-state index in [1.165, 1.54) is 5.56 Å². The lowest BCUT2D eigenvalue weighted by Crippen LogP contribution is -2.48. The van der Waals surface area contributed by atoms with Gasteiger partial charge in [0.15, 0.2) is 6.10 Å². The quantitative estimate of drug-likeness (QED) is 0.896. The lowest BCUT2D eigenvalue weighted by Gasteiger charge is -2.32. The van der Waals surface area contributed by atoms with Gasteiger partial charge in [0.25, 0.3) is 5.91 Å². The normalized spacial score (nSPS) is 20.4. The second kappa shape index (κ2) is 7.68. The summed E-state index contributed by atoms with van der Waals surface area (Å²) in [6, 6.07) is 16.1. The van der Waals surface area contributed by atoms with Crippen LogP contribution in [0.2, 0.25) is 5.02 Å². The van der Waals surface area contributed by atoms with Crippen LogP contribution >= 0.6 is 11.6 Å². The smallest absolute Gasteiger partial charge is 0.261 e. The molecule has 0 aliphatic carbocycles. The van der Waals surface area contributed by atoms with E-state index < -0.39 is 0 Å². The fourth-order valence-corrected chi connectivity index (χ4v) is 3.83. The van der Waals surface area contributed by atoms with Crippen molar-refractivity contribution in [1.29, 1.82) is 0 Å². The van der Waals surface area contributed by atoms with E-state index in [0.717, 1.165) is 48.8 Å². The SMILES string of the molecule is O=C(NC1CCN(Cc2ccc(Cl)cc2)CC1)C1Cc2ccccc2O1. The van der Waals surface area contributed by atoms with Gasteiger partial charge in [-0.2, -0.15) is 0 Å². The largest absolute Gasteiger partial charge is 0.480 e. The number of carbonyl (C=O) groups is 1. The monoisotopic (exact) mass is 370 g/mol. The van der Waals surface area contributed by atoms with E-state index >= 15 is 0 Å². The minimum Gasteiger partial charge on any atom is -0.480 e. The van der Waals surface area contributed by atoms with Crippen LogP contribution in [0, 0.1) is 0 Å². The van der Waals surface area contributed by atoms with Gasteiger partial charge in [0.1, 0.15) is 5.75 Å². The molecule has 5 heteroatoms. The summed E-state index contributed by atoms with van der Waals surface area (Å²) in [4.78, 5) is 14.9. The van der Waals surface area contributed by atoms with Crippen molar-refractivity contribution >= 4 is 17.5 Å². The summed E-state index contributed by atoms with van der Waals surface area (Å²) in [5.41, 5.74) is 2.39. The van der Waals surface area contributed by atoms with Gasteiger partial charge in [-0.25, -0.2) is 0 Å². The van der Waals surface area contributed by atoms with Gasteiger partial charge in [-0.15, -0.1) is 0 Å². The zero-order chi connectivity index (χ0) is 17.9. The number of halogens is 1. The number of ether oxygens (including phenoxy) is 1. The molecule has 2 aliphatic rings. The van der Waals surface area contributed by atoms with Gasteiger partial charge in [-0.3, -0.25) is 9.69 Å². The Morgan fingerprint density at radius 2 is 1.85 bits per heavy atom. The Hall–Kier alpha value is -2.04. The molecular weight excluding hydrogens is 348 g/mol. The average Bonchev–Trinajstić information content (AvgIpc) is 3.10. The summed E-state index contributed by atoms with van der Waals surface area (Å²) < 4.78 is 5.79. The molecule has 0 bridgehead atoms. The molecule has 1 N–H and O–H groups in total. The molecule has 2 aromatic rings. The molecule has 0 aromatic heterocycles. The number of likely N-dealkylation sites (tertiary alicyclic amines) is 1. The number of rotatable bonds is 4. The van der Waals surface area contributed by atoms with E-state index in [9.17, 15) is 4.79 Å². The molecule has 0 radical (unpaired) electrons. The number of para-hydroxylation sites is 1. The van der Waals surface area contributed by atoms with E-state index in [-0.39, 0.29) is 18.1 Å². The first-order valence-corrected chi connectivity index (χ1v) is 9.57. The fraction of sp³-hybridized carbons (Fsp3) is 0.381. The molecule has 136 valence electrons. The number of carbonyl (C=O) groups excluding carboxylic acids is 1. The maximum Gasteiger partial charge on any atom is 0.261 e. The first kappa shape index (κ1) is 17.4. The Bertz CT molecular complexity index is 745. The first-order valence-electron chi connectivity index (χ1n) is 9.19. The van der Waals surface area contributed by atoms with Gasteiger partial charge in [0, 0.05) is 37.1 Å². The van der Waals surface area contributed by atoms with Crippen LogP contribution in [0.5, 0.6) is 5.75 Å². The van der Waals surface area contributed by atoms with Gasteiger partial charge in [0.05, 0.1) is 0 Å². The number of nitrogens with zero attached hydrogens (tertiary/aromatic N) is 1. The molecule has 0 saturated carbocycles. The molecule has 1 atom stereocenters. The van der Waals surface area contributed by atoms with Crippen molar-refractivity contribution in [3.05, 3.63) is 64.7 Å². The lowest BCUT2D eigenvalue weighted by molar-refractivity contribution is -0.128. The second-order valence-electron chi connectivity index (χ2n) is 7.10. The Kier molecular flexibility index (Phi) is 5.14. The topological polar surface area (TPSA) is 41.6 Å². The van der Waals surface area contributed by atoms with E-state index in [2.05, 4.69) is 22.3 Å². The number of hydrogen-bond donors (Lipinski definition) is 1. The molecule has 2 aliphatic heterocycles. The number of nitrogens with one attached hydrogen (secondary N) is 1. The van der Waals surface area contributed by atoms with Crippen LogP contribution in [0.25, 0.3) is 0 Å². The maximum atomic E-state index is 12.5. The standard InChI is InChI=1S/C21H23ClN2O2/c22-17-7-5-15(6-8-17)14-24-11-9-18(10-12-24)23-21(25)20-13-16-3-1-2-4-19(16)26-20/h1-8,18,20H,9-14H2,(H,23,25). The Morgan fingerprint density at radius 1 is 1.12 bits per heavy atom. The Labute approximate surface area is 159 Å². The average molecular weight is 371 g/mol. The highest BCUT2D eigenvalue weighted by molar-refractivity contribution is 6.30. The highest BCUT2D eigenvalue weighted by atomic mass is 35.5. The van der Waals surface area contributed by atoms with Gasteiger partial charge < -0.3 is 10.1 Å². The molecule has 0 spiro atoms. The molecule has 2 aromatic carbocycles. The summed E-state index contributed by atoms with van der Waals surface area (Å²) in [6.45, 7) is 2.90. The van der Waals surface area contributed by atoms with Crippen molar-refractivity contribution in [2.45, 2.75) is 38.0 Å². The van der Waals surface area contributed by atoms with Crippen molar-refractivity contribution < 1.29 is 9.53 Å². The molecule has 1 unspecified atom stereocenters. The minimum atomic E-state index is -0.389. The van der Waals surface area contributed by atoms with Crippen LogP contribution in [0.1, 0.15) is 24.0 Å². The van der Waals surface area contributed by atoms with Crippen LogP contribution in [0.3, 0.4) is 0 Å². The summed E-state index contributed by atoms with van der Waals surface area (Å²) in [5.74, 6) is 0.850. The minimum absolute atomic E-state index is 0.0114. The summed E-state index contributed by atoms with van der Waals surface area (Å²) in [5, 5.41) is 3.95. The van der Waals surface area contributed by atoms with Crippen LogP contribution in [-0.4, -0.2) is 36.0 Å². The summed E-state index contributed by atoms with van der Waals surface area (Å²) in [7, 11) is 0. The Morgan fingerprint density at radius 3 is 2.58 bits per heavy atom. The lowest BCUT2D eigenvalue weighted by atomic mass is 10.0. The van der Waals surface area contributed by atoms with E-state index in [4.69, 9.17) is 16.3 Å². The first-order chi connectivity index (χ1) is 12.7. The van der Waals surface area contributed by atoms with Gasteiger partial charge in [-0.05, 0) is 42.2 Å². The molecule has 1 fully saturated rings. The van der Waals surface area contributed by atoms with Crippen molar-refractivity contribution in [2.24, 2.45) is 0 Å². The zero-order valence-electron chi connectivity index (χ0n) is 14.7. The molecule has 4 nitrogen and oxygen atoms in total. The van der Waals surface area contributed by atoms with Gasteiger partial charge in [-0.1, -0.05) is 41.9 Å². The molecule has 4 rings (SSSR count). The highest BCUT2D eigenvalue weighted by Crippen LogP contribution is 2.28. The van der Waals surface area contributed by atoms with Crippen LogP contribution in [-0.2, 0) is 17.8 Å².